The second kappa shape index (κ2) is 13.5. The van der Waals surface area contributed by atoms with Crippen LogP contribution in [-0.2, 0) is 32.1 Å². The van der Waals surface area contributed by atoms with Crippen molar-refractivity contribution < 1.29 is 23.5 Å². The Morgan fingerprint density at radius 2 is 1.36 bits per heavy atom. The van der Waals surface area contributed by atoms with Gasteiger partial charge in [0.2, 0.25) is 0 Å². The first kappa shape index (κ1) is 27.1. The van der Waals surface area contributed by atoms with Gasteiger partial charge in [-0.3, -0.25) is 14.9 Å². The van der Waals surface area contributed by atoms with Gasteiger partial charge < -0.3 is 9.47 Å². The highest BCUT2D eigenvalue weighted by Gasteiger charge is 2.29. The van der Waals surface area contributed by atoms with Crippen LogP contribution < -0.4 is 5.32 Å². The Balaban J connectivity index is 1.72. The molecule has 3 aromatic rings. The van der Waals surface area contributed by atoms with Gasteiger partial charge in [-0.15, -0.1) is 0 Å². The average Bonchev–Trinajstić information content (AvgIpc) is 2.88. The van der Waals surface area contributed by atoms with Crippen molar-refractivity contribution in [3.8, 4) is 11.1 Å². The third-order valence-corrected chi connectivity index (χ3v) is 5.76. The van der Waals surface area contributed by atoms with Crippen LogP contribution in [0.2, 0.25) is 0 Å². The number of rotatable bonds is 12. The first-order chi connectivity index (χ1) is 17.4. The lowest BCUT2D eigenvalue weighted by Gasteiger charge is -2.25. The Kier molecular flexibility index (Phi) is 10.2. The Labute approximate surface area is 212 Å². The third kappa shape index (κ3) is 8.31. The lowest BCUT2D eigenvalue weighted by atomic mass is 9.98. The van der Waals surface area contributed by atoms with Crippen LogP contribution in [0.4, 0.5) is 4.39 Å². The van der Waals surface area contributed by atoms with Gasteiger partial charge in [-0.1, -0.05) is 80.6 Å². The van der Waals surface area contributed by atoms with Gasteiger partial charge in [-0.05, 0) is 60.1 Å². The van der Waals surface area contributed by atoms with E-state index >= 15 is 0 Å². The lowest BCUT2D eigenvalue weighted by Crippen LogP contribution is -2.50. The molecule has 0 spiro atoms. The molecule has 0 aliphatic heterocycles. The summed E-state index contributed by atoms with van der Waals surface area (Å²) in [4.78, 5) is 25.8. The molecular weight excluding hydrogens is 457 g/mol. The zero-order valence-electron chi connectivity index (χ0n) is 21.1. The van der Waals surface area contributed by atoms with Gasteiger partial charge in [0.05, 0.1) is 6.61 Å². The van der Waals surface area contributed by atoms with Crippen LogP contribution in [-0.4, -0.2) is 30.6 Å². The highest BCUT2D eigenvalue weighted by atomic mass is 19.1. The number of benzene rings is 3. The van der Waals surface area contributed by atoms with Crippen LogP contribution in [0.3, 0.4) is 0 Å². The van der Waals surface area contributed by atoms with E-state index in [-0.39, 0.29) is 24.9 Å². The summed E-state index contributed by atoms with van der Waals surface area (Å²) in [6.45, 7) is 6.21. The summed E-state index contributed by atoms with van der Waals surface area (Å²) in [6, 6.07) is 22.2. The molecule has 2 atom stereocenters. The van der Waals surface area contributed by atoms with Crippen LogP contribution in [0.25, 0.3) is 11.1 Å². The molecule has 36 heavy (non-hydrogen) atoms. The number of esters is 2. The molecule has 0 radical (unpaired) electrons. The van der Waals surface area contributed by atoms with Gasteiger partial charge in [0.15, 0.2) is 0 Å². The molecule has 0 saturated carbocycles. The van der Waals surface area contributed by atoms with E-state index in [1.807, 2.05) is 68.4 Å². The van der Waals surface area contributed by atoms with E-state index in [1.54, 1.807) is 19.1 Å². The summed E-state index contributed by atoms with van der Waals surface area (Å²) in [5.41, 5.74) is 3.66. The standard InChI is InChI=1S/C30H34FNO4/c1-4-35-29(33)28(19-22-10-12-24(13-11-22)25-14-16-26(31)17-15-25)32-27(18-21(2)3)30(34)36-20-23-8-6-5-7-9-23/h5-17,21,27-28,32H,4,18-20H2,1-3H3/t27-,28-/m0/s1. The molecule has 0 saturated heterocycles. The fraction of sp³-hybridized carbons (Fsp3) is 0.333. The number of carbonyl (C=O) groups is 2. The summed E-state index contributed by atoms with van der Waals surface area (Å²) < 4.78 is 24.1. The smallest absolute Gasteiger partial charge is 0.323 e. The van der Waals surface area contributed by atoms with E-state index in [4.69, 9.17) is 9.47 Å². The summed E-state index contributed by atoms with van der Waals surface area (Å²) >= 11 is 0. The predicted octanol–water partition coefficient (Wildman–Crippen LogP) is 5.71. The summed E-state index contributed by atoms with van der Waals surface area (Å²) in [5, 5.41) is 3.22. The molecular formula is C30H34FNO4. The molecule has 5 nitrogen and oxygen atoms in total. The van der Waals surface area contributed by atoms with Crippen molar-refractivity contribution in [1.82, 2.24) is 5.32 Å². The molecule has 0 aliphatic carbocycles. The van der Waals surface area contributed by atoms with Gasteiger partial charge in [-0.2, -0.15) is 0 Å². The fourth-order valence-corrected chi connectivity index (χ4v) is 3.94. The van der Waals surface area contributed by atoms with Crippen LogP contribution in [0.15, 0.2) is 78.9 Å². The number of ether oxygens (including phenoxy) is 2. The lowest BCUT2D eigenvalue weighted by molar-refractivity contribution is -0.150. The molecule has 3 rings (SSSR count). The molecule has 0 amide bonds. The third-order valence-electron chi connectivity index (χ3n) is 5.76. The fourth-order valence-electron chi connectivity index (χ4n) is 3.94. The Morgan fingerprint density at radius 1 is 0.778 bits per heavy atom. The van der Waals surface area contributed by atoms with Gasteiger partial charge in [0.25, 0.3) is 0 Å². The maximum absolute atomic E-state index is 13.2. The van der Waals surface area contributed by atoms with Crippen molar-refractivity contribution in [2.75, 3.05) is 6.61 Å². The minimum Gasteiger partial charge on any atom is -0.465 e. The number of carbonyl (C=O) groups excluding carboxylic acids is 2. The summed E-state index contributed by atoms with van der Waals surface area (Å²) in [7, 11) is 0. The number of hydrogen-bond acceptors (Lipinski definition) is 5. The maximum Gasteiger partial charge on any atom is 0.323 e. The number of halogens is 1. The molecule has 0 unspecified atom stereocenters. The Hall–Kier alpha value is -3.51. The molecule has 190 valence electrons. The zero-order chi connectivity index (χ0) is 25.9. The van der Waals surface area contributed by atoms with Crippen molar-refractivity contribution in [2.24, 2.45) is 5.92 Å². The van der Waals surface area contributed by atoms with Gasteiger partial charge >= 0.3 is 11.9 Å². The molecule has 0 bridgehead atoms. The molecule has 0 fully saturated rings. The van der Waals surface area contributed by atoms with Crippen LogP contribution in [0.1, 0.15) is 38.3 Å². The first-order valence-corrected chi connectivity index (χ1v) is 12.3. The van der Waals surface area contributed by atoms with Crippen molar-refractivity contribution >= 4 is 11.9 Å². The monoisotopic (exact) mass is 491 g/mol. The van der Waals surface area contributed by atoms with E-state index < -0.39 is 24.0 Å². The molecule has 0 aromatic heterocycles. The minimum atomic E-state index is -0.713. The second-order valence-corrected chi connectivity index (χ2v) is 9.15. The predicted molar refractivity (Wildman–Crippen MR) is 139 cm³/mol. The number of hydrogen-bond donors (Lipinski definition) is 1. The second-order valence-electron chi connectivity index (χ2n) is 9.15. The van der Waals surface area contributed by atoms with Gasteiger partial charge in [0, 0.05) is 0 Å². The number of nitrogens with one attached hydrogen (secondary N) is 1. The van der Waals surface area contributed by atoms with E-state index in [9.17, 15) is 14.0 Å². The van der Waals surface area contributed by atoms with Crippen molar-refractivity contribution in [3.63, 3.8) is 0 Å². The summed E-state index contributed by atoms with van der Waals surface area (Å²) in [5.74, 6) is -0.875. The highest BCUT2D eigenvalue weighted by molar-refractivity contribution is 5.80. The van der Waals surface area contributed by atoms with Crippen LogP contribution in [0.5, 0.6) is 0 Å². The highest BCUT2D eigenvalue weighted by Crippen LogP contribution is 2.21. The van der Waals surface area contributed by atoms with Crippen LogP contribution in [0, 0.1) is 11.7 Å². The topological polar surface area (TPSA) is 64.6 Å². The van der Waals surface area contributed by atoms with Gasteiger partial charge in [0.1, 0.15) is 24.5 Å². The zero-order valence-corrected chi connectivity index (χ0v) is 21.1. The van der Waals surface area contributed by atoms with Crippen molar-refractivity contribution in [1.29, 1.82) is 0 Å². The molecule has 3 aromatic carbocycles. The Bertz CT molecular complexity index is 1100. The average molecular weight is 492 g/mol. The van der Waals surface area contributed by atoms with Crippen LogP contribution >= 0.6 is 0 Å². The summed E-state index contributed by atoms with van der Waals surface area (Å²) in [6.07, 6.45) is 0.871. The maximum atomic E-state index is 13.2. The van der Waals surface area contributed by atoms with Crippen molar-refractivity contribution in [2.45, 2.75) is 52.3 Å². The largest absolute Gasteiger partial charge is 0.465 e. The minimum absolute atomic E-state index is 0.171. The molecule has 0 aliphatic rings. The SMILES string of the molecule is CCOC(=O)[C@H](Cc1ccc(-c2ccc(F)cc2)cc1)N[C@@H](CC(C)C)C(=O)OCc1ccccc1. The first-order valence-electron chi connectivity index (χ1n) is 12.3. The van der Waals surface area contributed by atoms with E-state index in [2.05, 4.69) is 5.32 Å². The molecule has 0 heterocycles. The van der Waals surface area contributed by atoms with E-state index in [0.29, 0.717) is 12.8 Å². The Morgan fingerprint density at radius 3 is 1.94 bits per heavy atom. The van der Waals surface area contributed by atoms with E-state index in [1.165, 1.54) is 12.1 Å². The normalized spacial score (nSPS) is 12.7. The molecule has 6 heteroatoms. The quantitative estimate of drug-likeness (QED) is 0.329. The molecule has 1 N–H and O–H groups in total. The van der Waals surface area contributed by atoms with E-state index in [0.717, 1.165) is 22.3 Å². The van der Waals surface area contributed by atoms with Crippen molar-refractivity contribution in [3.05, 3.63) is 95.8 Å². The van der Waals surface area contributed by atoms with Gasteiger partial charge in [-0.25, -0.2) is 4.39 Å².